The summed E-state index contributed by atoms with van der Waals surface area (Å²) >= 11 is 0. The number of hydrogen-bond acceptors (Lipinski definition) is 5. The van der Waals surface area contributed by atoms with Gasteiger partial charge in [-0.1, -0.05) is 6.92 Å². The highest BCUT2D eigenvalue weighted by molar-refractivity contribution is 5.39. The van der Waals surface area contributed by atoms with Crippen molar-refractivity contribution in [3.63, 3.8) is 0 Å². The highest BCUT2D eigenvalue weighted by Gasteiger charge is 2.12. The minimum Gasteiger partial charge on any atom is -0.385 e. The van der Waals surface area contributed by atoms with Crippen molar-refractivity contribution in [3.05, 3.63) is 33.2 Å². The molecule has 0 saturated heterocycles. The third-order valence-corrected chi connectivity index (χ3v) is 3.29. The maximum absolute atomic E-state index is 12.1. The summed E-state index contributed by atoms with van der Waals surface area (Å²) in [6.45, 7) is 6.09. The number of hydrogen-bond donors (Lipinski definition) is 2. The SMILES string of the molecule is CCNC1N=c2c(ccc(=O)n2CCCOC)=C(C)N1. The van der Waals surface area contributed by atoms with Crippen LogP contribution in [0.15, 0.2) is 21.9 Å². The molecule has 0 saturated carbocycles. The highest BCUT2D eigenvalue weighted by atomic mass is 16.5. The van der Waals surface area contributed by atoms with Gasteiger partial charge in [0, 0.05) is 37.2 Å². The number of aromatic nitrogens is 1. The lowest BCUT2D eigenvalue weighted by molar-refractivity contribution is 0.189. The van der Waals surface area contributed by atoms with Crippen molar-refractivity contribution >= 4 is 5.70 Å². The van der Waals surface area contributed by atoms with E-state index in [1.54, 1.807) is 17.7 Å². The quantitative estimate of drug-likeness (QED) is 0.664. The lowest BCUT2D eigenvalue weighted by atomic mass is 10.2. The first-order chi connectivity index (χ1) is 9.67. The van der Waals surface area contributed by atoms with Crippen LogP contribution >= 0.6 is 0 Å². The molecule has 2 N–H and O–H groups in total. The van der Waals surface area contributed by atoms with Gasteiger partial charge in [-0.15, -0.1) is 0 Å². The van der Waals surface area contributed by atoms with Gasteiger partial charge in [-0.2, -0.15) is 0 Å². The van der Waals surface area contributed by atoms with E-state index in [2.05, 4.69) is 15.6 Å². The predicted molar refractivity (Wildman–Crippen MR) is 77.7 cm³/mol. The first-order valence-corrected chi connectivity index (χ1v) is 6.94. The summed E-state index contributed by atoms with van der Waals surface area (Å²) in [6.07, 6.45) is 0.615. The van der Waals surface area contributed by atoms with Gasteiger partial charge in [0.25, 0.3) is 5.56 Å². The molecule has 1 unspecified atom stereocenters. The zero-order valence-electron chi connectivity index (χ0n) is 12.3. The molecule has 0 spiro atoms. The number of pyridine rings is 1. The second kappa shape index (κ2) is 6.67. The molecule has 1 aromatic rings. The van der Waals surface area contributed by atoms with Crippen LogP contribution in [0.4, 0.5) is 0 Å². The van der Waals surface area contributed by atoms with Crippen LogP contribution < -0.4 is 26.9 Å². The first-order valence-electron chi connectivity index (χ1n) is 6.94. The van der Waals surface area contributed by atoms with Gasteiger partial charge in [-0.25, -0.2) is 4.99 Å². The number of rotatable bonds is 6. The Morgan fingerprint density at radius 2 is 2.30 bits per heavy atom. The van der Waals surface area contributed by atoms with E-state index in [9.17, 15) is 4.79 Å². The Kier molecular flexibility index (Phi) is 4.92. The first kappa shape index (κ1) is 14.7. The zero-order chi connectivity index (χ0) is 14.5. The van der Waals surface area contributed by atoms with E-state index in [1.807, 2.05) is 19.9 Å². The molecular formula is C14H22N4O2. The van der Waals surface area contributed by atoms with Crippen LogP contribution in [0, 0.1) is 0 Å². The molecule has 110 valence electrons. The molecule has 0 aliphatic carbocycles. The minimum atomic E-state index is -0.178. The van der Waals surface area contributed by atoms with Crippen molar-refractivity contribution < 1.29 is 4.74 Å². The van der Waals surface area contributed by atoms with Crippen LogP contribution in [-0.4, -0.2) is 31.1 Å². The zero-order valence-corrected chi connectivity index (χ0v) is 12.3. The van der Waals surface area contributed by atoms with Crippen molar-refractivity contribution in [2.45, 2.75) is 33.1 Å². The van der Waals surface area contributed by atoms with Gasteiger partial charge in [0.2, 0.25) is 0 Å². The fourth-order valence-corrected chi connectivity index (χ4v) is 2.31. The molecule has 0 fully saturated rings. The lowest BCUT2D eigenvalue weighted by Crippen LogP contribution is -2.54. The average Bonchev–Trinajstić information content (AvgIpc) is 2.42. The monoisotopic (exact) mass is 278 g/mol. The van der Waals surface area contributed by atoms with Gasteiger partial charge in [-0.05, 0) is 26.0 Å². The average molecular weight is 278 g/mol. The van der Waals surface area contributed by atoms with Crippen molar-refractivity contribution in [1.82, 2.24) is 15.2 Å². The van der Waals surface area contributed by atoms with Gasteiger partial charge < -0.3 is 10.1 Å². The molecule has 1 aromatic heterocycles. The van der Waals surface area contributed by atoms with Gasteiger partial charge in [0.05, 0.1) is 0 Å². The summed E-state index contributed by atoms with van der Waals surface area (Å²) in [4.78, 5) is 16.7. The molecule has 0 aromatic carbocycles. The number of nitrogens with one attached hydrogen (secondary N) is 2. The van der Waals surface area contributed by atoms with Crippen molar-refractivity contribution in [2.24, 2.45) is 4.99 Å². The standard InChI is InChI=1S/C14H22N4O2/c1-4-15-14-16-10(2)11-6-7-12(19)18(13(11)17-14)8-5-9-20-3/h6-7,14-16H,4-5,8-9H2,1-3H3. The van der Waals surface area contributed by atoms with E-state index in [4.69, 9.17) is 4.74 Å². The maximum atomic E-state index is 12.1. The number of nitrogens with zero attached hydrogens (tertiary/aromatic N) is 2. The largest absolute Gasteiger partial charge is 0.385 e. The summed E-state index contributed by atoms with van der Waals surface area (Å²) in [5, 5.41) is 7.50. The Morgan fingerprint density at radius 1 is 1.50 bits per heavy atom. The lowest BCUT2D eigenvalue weighted by Gasteiger charge is -2.21. The van der Waals surface area contributed by atoms with Crippen molar-refractivity contribution in [1.29, 1.82) is 0 Å². The Labute approximate surface area is 118 Å². The van der Waals surface area contributed by atoms with E-state index in [0.717, 1.165) is 29.4 Å². The summed E-state index contributed by atoms with van der Waals surface area (Å²) in [5.74, 6) is 0. The minimum absolute atomic E-state index is 0.0199. The van der Waals surface area contributed by atoms with Crippen LogP contribution in [0.25, 0.3) is 5.70 Å². The van der Waals surface area contributed by atoms with Crippen molar-refractivity contribution in [3.8, 4) is 0 Å². The van der Waals surface area contributed by atoms with Gasteiger partial charge in [-0.3, -0.25) is 14.7 Å². The predicted octanol–water partition coefficient (Wildman–Crippen LogP) is -0.871. The highest BCUT2D eigenvalue weighted by Crippen LogP contribution is 1.92. The smallest absolute Gasteiger partial charge is 0.252 e. The summed E-state index contributed by atoms with van der Waals surface area (Å²) < 4.78 is 6.78. The summed E-state index contributed by atoms with van der Waals surface area (Å²) in [5.41, 5.74) is 1.76. The number of ether oxygens (including phenoxy) is 1. The fraction of sp³-hybridized carbons (Fsp3) is 0.571. The van der Waals surface area contributed by atoms with E-state index in [-0.39, 0.29) is 11.8 Å². The van der Waals surface area contributed by atoms with Crippen LogP contribution in [-0.2, 0) is 11.3 Å². The molecule has 6 nitrogen and oxygen atoms in total. The van der Waals surface area contributed by atoms with E-state index < -0.39 is 0 Å². The molecule has 1 aliphatic rings. The molecular weight excluding hydrogens is 256 g/mol. The molecule has 0 amide bonds. The van der Waals surface area contributed by atoms with E-state index in [0.29, 0.717) is 13.2 Å². The van der Waals surface area contributed by atoms with Gasteiger partial charge in [0.15, 0.2) is 6.29 Å². The van der Waals surface area contributed by atoms with E-state index >= 15 is 0 Å². The molecule has 0 radical (unpaired) electrons. The van der Waals surface area contributed by atoms with Gasteiger partial charge in [0.1, 0.15) is 5.49 Å². The van der Waals surface area contributed by atoms with Gasteiger partial charge >= 0.3 is 0 Å². The van der Waals surface area contributed by atoms with Crippen LogP contribution in [0.5, 0.6) is 0 Å². The third kappa shape index (κ3) is 3.08. The molecule has 2 heterocycles. The molecule has 6 heteroatoms. The van der Waals surface area contributed by atoms with Crippen LogP contribution in [0.3, 0.4) is 0 Å². The third-order valence-electron chi connectivity index (χ3n) is 3.29. The topological polar surface area (TPSA) is 67.7 Å². The second-order valence-corrected chi connectivity index (χ2v) is 4.77. The molecule has 1 aliphatic heterocycles. The molecule has 0 bridgehead atoms. The maximum Gasteiger partial charge on any atom is 0.252 e. The second-order valence-electron chi connectivity index (χ2n) is 4.77. The van der Waals surface area contributed by atoms with Crippen molar-refractivity contribution in [2.75, 3.05) is 20.3 Å². The number of fused-ring (bicyclic) bond motifs is 1. The van der Waals surface area contributed by atoms with Crippen LogP contribution in [0.2, 0.25) is 0 Å². The molecule has 2 rings (SSSR count). The Balaban J connectivity index is 2.48. The summed E-state index contributed by atoms with van der Waals surface area (Å²) in [7, 11) is 1.66. The van der Waals surface area contributed by atoms with E-state index in [1.165, 1.54) is 0 Å². The molecule has 1 atom stereocenters. The Bertz CT molecular complexity index is 636. The Morgan fingerprint density at radius 3 is 3.00 bits per heavy atom. The Hall–Kier alpha value is -1.66. The van der Waals surface area contributed by atoms with Crippen LogP contribution in [0.1, 0.15) is 20.3 Å². The molecule has 20 heavy (non-hydrogen) atoms. The number of methoxy groups -OCH3 is 1. The summed E-state index contributed by atoms with van der Waals surface area (Å²) in [6, 6.07) is 3.43. The fourth-order valence-electron chi connectivity index (χ4n) is 2.31. The normalized spacial score (nSPS) is 17.4.